The lowest BCUT2D eigenvalue weighted by Gasteiger charge is -2.34. The van der Waals surface area contributed by atoms with Gasteiger partial charge in [0.15, 0.2) is 0 Å². The molecule has 1 fully saturated rings. The maximum Gasteiger partial charge on any atom is 0.243 e. The number of nitrogens with zero attached hydrogens (tertiary/aromatic N) is 2. The summed E-state index contributed by atoms with van der Waals surface area (Å²) in [6.07, 6.45) is 7.10. The number of carbonyl (C=O) groups excluding carboxylic acids is 2. The zero-order valence-electron chi connectivity index (χ0n) is 25.5. The molecule has 10 heteroatoms. The summed E-state index contributed by atoms with van der Waals surface area (Å²) in [6, 6.07) is 23.7. The van der Waals surface area contributed by atoms with Gasteiger partial charge in [0.1, 0.15) is 11.8 Å². The van der Waals surface area contributed by atoms with Gasteiger partial charge in [0.2, 0.25) is 21.8 Å². The van der Waals surface area contributed by atoms with Crippen LogP contribution in [0.5, 0.6) is 5.75 Å². The van der Waals surface area contributed by atoms with E-state index < -0.39 is 16.1 Å². The predicted molar refractivity (Wildman–Crippen MR) is 178 cm³/mol. The van der Waals surface area contributed by atoms with Gasteiger partial charge in [0.05, 0.1) is 19.1 Å². The molecule has 3 aromatic rings. The maximum absolute atomic E-state index is 14.1. The van der Waals surface area contributed by atoms with E-state index in [1.165, 1.54) is 17.8 Å². The van der Waals surface area contributed by atoms with E-state index >= 15 is 0 Å². The van der Waals surface area contributed by atoms with E-state index in [2.05, 4.69) is 21.2 Å². The zero-order chi connectivity index (χ0) is 31.5. The first-order valence-corrected chi connectivity index (χ1v) is 17.8. The van der Waals surface area contributed by atoms with Crippen molar-refractivity contribution in [3.63, 3.8) is 0 Å². The molecule has 0 unspecified atom stereocenters. The molecule has 0 aromatic heterocycles. The van der Waals surface area contributed by atoms with Crippen LogP contribution in [0.1, 0.15) is 56.1 Å². The summed E-state index contributed by atoms with van der Waals surface area (Å²) in [6.45, 7) is 0.361. The number of halogens is 1. The van der Waals surface area contributed by atoms with Crippen LogP contribution in [-0.4, -0.2) is 57.1 Å². The highest BCUT2D eigenvalue weighted by molar-refractivity contribution is 9.10. The van der Waals surface area contributed by atoms with E-state index in [0.29, 0.717) is 17.9 Å². The molecule has 0 spiro atoms. The van der Waals surface area contributed by atoms with Gasteiger partial charge in [-0.2, -0.15) is 0 Å². The summed E-state index contributed by atoms with van der Waals surface area (Å²) in [7, 11) is -2.09. The van der Waals surface area contributed by atoms with E-state index in [9.17, 15) is 18.0 Å². The second kappa shape index (κ2) is 16.1. The molecule has 1 saturated carbocycles. The SMILES string of the molecule is COc1cccc(N(CCCC(=O)N(Cc2cccc(Br)c2)[C@@H](Cc2ccccc2)C(=O)NC2CCCCC2)S(C)(=O)=O)c1. The van der Waals surface area contributed by atoms with Crippen molar-refractivity contribution in [2.75, 3.05) is 24.2 Å². The highest BCUT2D eigenvalue weighted by atomic mass is 79.9. The van der Waals surface area contributed by atoms with Gasteiger partial charge in [-0.1, -0.05) is 83.7 Å². The van der Waals surface area contributed by atoms with E-state index in [4.69, 9.17) is 4.74 Å². The first-order chi connectivity index (χ1) is 21.1. The summed E-state index contributed by atoms with van der Waals surface area (Å²) < 4.78 is 32.9. The third kappa shape index (κ3) is 9.82. The number of carbonyl (C=O) groups is 2. The molecule has 0 radical (unpaired) electrons. The van der Waals surface area contributed by atoms with Crippen LogP contribution in [0.4, 0.5) is 5.69 Å². The normalized spacial score (nSPS) is 14.4. The third-order valence-electron chi connectivity index (χ3n) is 7.96. The minimum absolute atomic E-state index is 0.0754. The van der Waals surface area contributed by atoms with Crippen LogP contribution in [0.25, 0.3) is 0 Å². The summed E-state index contributed by atoms with van der Waals surface area (Å²) >= 11 is 3.53. The molecule has 0 heterocycles. The Labute approximate surface area is 270 Å². The third-order valence-corrected chi connectivity index (χ3v) is 9.65. The van der Waals surface area contributed by atoms with Gasteiger partial charge in [-0.15, -0.1) is 0 Å². The molecule has 0 aliphatic heterocycles. The molecular weight excluding hydrogens is 642 g/mol. The number of ether oxygens (including phenoxy) is 1. The van der Waals surface area contributed by atoms with E-state index in [0.717, 1.165) is 47.5 Å². The molecule has 1 aliphatic carbocycles. The number of benzene rings is 3. The second-order valence-corrected chi connectivity index (χ2v) is 14.2. The number of rotatable bonds is 14. The fourth-order valence-corrected chi connectivity index (χ4v) is 7.10. The summed E-state index contributed by atoms with van der Waals surface area (Å²) in [4.78, 5) is 29.7. The molecule has 3 aromatic carbocycles. The van der Waals surface area contributed by atoms with Crippen LogP contribution in [0, 0.1) is 0 Å². The fourth-order valence-electron chi connectivity index (χ4n) is 5.70. The van der Waals surface area contributed by atoms with Crippen molar-refractivity contribution < 1.29 is 22.7 Å². The van der Waals surface area contributed by atoms with Crippen molar-refractivity contribution in [2.45, 2.75) is 70.0 Å². The molecule has 1 aliphatic rings. The Morgan fingerprint density at radius 3 is 2.34 bits per heavy atom. The van der Waals surface area contributed by atoms with Crippen LogP contribution in [0.3, 0.4) is 0 Å². The lowest BCUT2D eigenvalue weighted by Crippen LogP contribution is -2.52. The van der Waals surface area contributed by atoms with E-state index in [-0.39, 0.29) is 43.8 Å². The predicted octanol–water partition coefficient (Wildman–Crippen LogP) is 6.09. The summed E-state index contributed by atoms with van der Waals surface area (Å²) in [5.41, 5.74) is 2.33. The Kier molecular flexibility index (Phi) is 12.3. The van der Waals surface area contributed by atoms with Gasteiger partial charge in [-0.25, -0.2) is 8.42 Å². The Balaban J connectivity index is 1.59. The highest BCUT2D eigenvalue weighted by Crippen LogP contribution is 2.25. The van der Waals surface area contributed by atoms with Gasteiger partial charge < -0.3 is 15.0 Å². The molecule has 0 saturated heterocycles. The largest absolute Gasteiger partial charge is 0.497 e. The van der Waals surface area contributed by atoms with Crippen LogP contribution in [-0.2, 0) is 32.6 Å². The summed E-state index contributed by atoms with van der Waals surface area (Å²) in [5.74, 6) is 0.183. The average Bonchev–Trinajstić information content (AvgIpc) is 3.01. The molecule has 8 nitrogen and oxygen atoms in total. The van der Waals surface area contributed by atoms with Gasteiger partial charge in [-0.3, -0.25) is 13.9 Å². The fraction of sp³-hybridized carbons (Fsp3) is 0.412. The molecule has 0 bridgehead atoms. The molecule has 4 rings (SSSR count). The zero-order valence-corrected chi connectivity index (χ0v) is 27.9. The van der Waals surface area contributed by atoms with Gasteiger partial charge in [-0.05, 0) is 54.7 Å². The molecule has 1 atom stereocenters. The Morgan fingerprint density at radius 2 is 1.66 bits per heavy atom. The van der Waals surface area contributed by atoms with Gasteiger partial charge in [0, 0.05) is 42.5 Å². The topological polar surface area (TPSA) is 96.0 Å². The second-order valence-electron chi connectivity index (χ2n) is 11.3. The average molecular weight is 685 g/mol. The van der Waals surface area contributed by atoms with Gasteiger partial charge >= 0.3 is 0 Å². The monoisotopic (exact) mass is 683 g/mol. The number of anilines is 1. The Bertz CT molecular complexity index is 1500. The van der Waals surface area contributed by atoms with Crippen LogP contribution >= 0.6 is 15.9 Å². The standard InChI is InChI=1S/C34H42BrN3O5S/c1-43-31-19-10-18-30(24-31)38(44(2,41)42)21-11-20-33(39)37(25-27-14-9-15-28(35)22-27)32(23-26-12-5-3-6-13-26)34(40)36-29-16-7-4-8-17-29/h3,5-6,9-10,12-15,18-19,22,24,29,32H,4,7-8,11,16-17,20-21,23,25H2,1-2H3,(H,36,40)/t32-/m0/s1. The quantitative estimate of drug-likeness (QED) is 0.222. The minimum atomic E-state index is -3.62. The number of hydrogen-bond donors (Lipinski definition) is 1. The number of hydrogen-bond acceptors (Lipinski definition) is 5. The van der Waals surface area contributed by atoms with Crippen molar-refractivity contribution in [2.24, 2.45) is 0 Å². The van der Waals surface area contributed by atoms with Crippen molar-refractivity contribution in [1.29, 1.82) is 0 Å². The minimum Gasteiger partial charge on any atom is -0.497 e. The number of nitrogens with one attached hydrogen (secondary N) is 1. The lowest BCUT2D eigenvalue weighted by atomic mass is 9.94. The van der Waals surface area contributed by atoms with Crippen LogP contribution in [0.15, 0.2) is 83.3 Å². The molecular formula is C34H42BrN3O5S. The smallest absolute Gasteiger partial charge is 0.243 e. The molecule has 236 valence electrons. The Hall–Kier alpha value is -3.37. The molecule has 2 amide bonds. The Morgan fingerprint density at radius 1 is 0.955 bits per heavy atom. The molecule has 44 heavy (non-hydrogen) atoms. The number of amides is 2. The van der Waals surface area contributed by atoms with Gasteiger partial charge in [0.25, 0.3) is 0 Å². The first-order valence-electron chi connectivity index (χ1n) is 15.1. The summed E-state index contributed by atoms with van der Waals surface area (Å²) in [5, 5.41) is 3.26. The van der Waals surface area contributed by atoms with Crippen molar-refractivity contribution >= 4 is 43.5 Å². The number of sulfonamides is 1. The van der Waals surface area contributed by atoms with Crippen molar-refractivity contribution in [3.8, 4) is 5.75 Å². The maximum atomic E-state index is 14.1. The van der Waals surface area contributed by atoms with Crippen molar-refractivity contribution in [3.05, 3.63) is 94.5 Å². The first kappa shape index (κ1) is 33.5. The number of methoxy groups -OCH3 is 1. The molecule has 1 N–H and O–H groups in total. The van der Waals surface area contributed by atoms with Crippen LogP contribution < -0.4 is 14.4 Å². The van der Waals surface area contributed by atoms with E-state index in [1.54, 1.807) is 29.2 Å². The van der Waals surface area contributed by atoms with Crippen LogP contribution in [0.2, 0.25) is 0 Å². The van der Waals surface area contributed by atoms with Crippen molar-refractivity contribution in [1.82, 2.24) is 10.2 Å². The lowest BCUT2D eigenvalue weighted by molar-refractivity contribution is -0.141. The van der Waals surface area contributed by atoms with E-state index in [1.807, 2.05) is 54.6 Å². The highest BCUT2D eigenvalue weighted by Gasteiger charge is 2.32.